The summed E-state index contributed by atoms with van der Waals surface area (Å²) in [4.78, 5) is 14.6. The number of nitrogens with zero attached hydrogens (tertiary/aromatic N) is 1. The van der Waals surface area contributed by atoms with Crippen molar-refractivity contribution in [1.82, 2.24) is 10.3 Å². The van der Waals surface area contributed by atoms with Gasteiger partial charge in [-0.2, -0.15) is 13.2 Å². The smallest absolute Gasteiger partial charge is 0.368 e. The predicted octanol–water partition coefficient (Wildman–Crippen LogP) is 1.27. The molecule has 0 spiro atoms. The van der Waals surface area contributed by atoms with Crippen molar-refractivity contribution in [3.8, 4) is 0 Å². The van der Waals surface area contributed by atoms with Crippen molar-refractivity contribution in [2.24, 2.45) is 5.73 Å². The predicted molar refractivity (Wildman–Crippen MR) is 62.0 cm³/mol. The molecule has 0 aliphatic rings. The molecule has 0 aliphatic carbocycles. The first-order chi connectivity index (χ1) is 8.34. The van der Waals surface area contributed by atoms with Crippen molar-refractivity contribution < 1.29 is 18.0 Å². The number of hydrogen-bond donors (Lipinski definition) is 2. The molecule has 1 aromatic heterocycles. The summed E-state index contributed by atoms with van der Waals surface area (Å²) in [5.74, 6) is -0.207. The van der Waals surface area contributed by atoms with Crippen LogP contribution in [0.25, 0.3) is 0 Å². The number of amides is 1. The second-order valence-corrected chi connectivity index (χ2v) is 4.48. The molecule has 0 saturated heterocycles. The summed E-state index contributed by atoms with van der Waals surface area (Å²) in [6, 6.07) is 1.67. The molecule has 0 fully saturated rings. The number of pyridine rings is 1. The molecule has 0 aliphatic heterocycles. The number of carbonyl (C=O) groups excluding carboxylic acids is 1. The van der Waals surface area contributed by atoms with Gasteiger partial charge in [0.25, 0.3) is 0 Å². The highest BCUT2D eigenvalue weighted by molar-refractivity contribution is 7.99. The van der Waals surface area contributed by atoms with E-state index in [1.54, 1.807) is 7.05 Å². The zero-order valence-corrected chi connectivity index (χ0v) is 10.3. The van der Waals surface area contributed by atoms with Gasteiger partial charge in [-0.05, 0) is 19.2 Å². The fourth-order valence-electron chi connectivity index (χ4n) is 1.11. The molecule has 1 amide bonds. The molecule has 1 atom stereocenters. The molecular weight excluding hydrogens is 267 g/mol. The van der Waals surface area contributed by atoms with Crippen LogP contribution in [0.1, 0.15) is 5.56 Å². The molecule has 3 N–H and O–H groups in total. The van der Waals surface area contributed by atoms with Crippen molar-refractivity contribution >= 4 is 17.7 Å². The normalized spacial score (nSPS) is 13.3. The SMILES string of the molecule is CNC(CSc1ccc(C(F)(F)F)cn1)C(N)=O. The van der Waals surface area contributed by atoms with Crippen molar-refractivity contribution in [2.75, 3.05) is 12.8 Å². The van der Waals surface area contributed by atoms with Crippen LogP contribution >= 0.6 is 11.8 Å². The Morgan fingerprint density at radius 1 is 1.56 bits per heavy atom. The Hall–Kier alpha value is -1.28. The third-order valence-corrected chi connectivity index (χ3v) is 3.19. The van der Waals surface area contributed by atoms with Gasteiger partial charge in [-0.15, -0.1) is 11.8 Å². The van der Waals surface area contributed by atoms with Gasteiger partial charge in [-0.1, -0.05) is 0 Å². The number of nitrogens with one attached hydrogen (secondary N) is 1. The number of halogens is 3. The summed E-state index contributed by atoms with van der Waals surface area (Å²) in [6.07, 6.45) is -3.63. The van der Waals surface area contributed by atoms with Gasteiger partial charge in [0, 0.05) is 11.9 Å². The topological polar surface area (TPSA) is 68.0 Å². The highest BCUT2D eigenvalue weighted by atomic mass is 32.2. The summed E-state index contributed by atoms with van der Waals surface area (Å²) in [7, 11) is 1.58. The van der Waals surface area contributed by atoms with E-state index >= 15 is 0 Å². The average Bonchev–Trinajstić information content (AvgIpc) is 2.29. The Bertz CT molecular complexity index is 408. The largest absolute Gasteiger partial charge is 0.417 e. The molecule has 18 heavy (non-hydrogen) atoms. The van der Waals surface area contributed by atoms with Crippen LogP contribution in [0.2, 0.25) is 0 Å². The van der Waals surface area contributed by atoms with Gasteiger partial charge < -0.3 is 11.1 Å². The minimum atomic E-state index is -4.39. The van der Waals surface area contributed by atoms with Crippen molar-refractivity contribution in [1.29, 1.82) is 0 Å². The summed E-state index contributed by atoms with van der Waals surface area (Å²) in [5.41, 5.74) is 4.31. The molecule has 100 valence electrons. The molecule has 1 heterocycles. The Balaban J connectivity index is 2.62. The minimum absolute atomic E-state index is 0.310. The fourth-order valence-corrected chi connectivity index (χ4v) is 2.07. The van der Waals surface area contributed by atoms with Gasteiger partial charge in [-0.25, -0.2) is 4.98 Å². The lowest BCUT2D eigenvalue weighted by Crippen LogP contribution is -2.41. The van der Waals surface area contributed by atoms with E-state index in [-0.39, 0.29) is 0 Å². The maximum absolute atomic E-state index is 12.3. The van der Waals surface area contributed by atoms with E-state index in [1.165, 1.54) is 6.07 Å². The van der Waals surface area contributed by atoms with Crippen LogP contribution in [-0.2, 0) is 11.0 Å². The number of carbonyl (C=O) groups is 1. The molecule has 0 saturated carbocycles. The van der Waals surface area contributed by atoms with Crippen LogP contribution in [-0.4, -0.2) is 29.7 Å². The second-order valence-electron chi connectivity index (χ2n) is 3.44. The summed E-state index contributed by atoms with van der Waals surface area (Å²) < 4.78 is 36.8. The van der Waals surface area contributed by atoms with Crippen LogP contribution in [0, 0.1) is 0 Å². The summed E-state index contributed by atoms with van der Waals surface area (Å²) in [6.45, 7) is 0. The molecule has 8 heteroatoms. The van der Waals surface area contributed by atoms with Crippen molar-refractivity contribution in [3.05, 3.63) is 23.9 Å². The quantitative estimate of drug-likeness (QED) is 0.796. The zero-order valence-electron chi connectivity index (χ0n) is 9.49. The first-order valence-corrected chi connectivity index (χ1v) is 5.95. The lowest BCUT2D eigenvalue weighted by molar-refractivity contribution is -0.137. The van der Waals surface area contributed by atoms with E-state index in [0.717, 1.165) is 24.0 Å². The lowest BCUT2D eigenvalue weighted by atomic mass is 10.3. The van der Waals surface area contributed by atoms with Gasteiger partial charge >= 0.3 is 6.18 Å². The van der Waals surface area contributed by atoms with Gasteiger partial charge in [0.15, 0.2) is 0 Å². The third-order valence-electron chi connectivity index (χ3n) is 2.15. The Kier molecular flexibility index (Phi) is 4.97. The fraction of sp³-hybridized carbons (Fsp3) is 0.400. The standard InChI is InChI=1S/C10H12F3N3OS/c1-15-7(9(14)17)5-18-8-3-2-6(4-16-8)10(11,12)13/h2-4,7,15H,5H2,1H3,(H2,14,17). The number of hydrogen-bond acceptors (Lipinski definition) is 4. The summed E-state index contributed by atoms with van der Waals surface area (Å²) in [5, 5.41) is 3.11. The van der Waals surface area contributed by atoms with Gasteiger partial charge in [0.2, 0.25) is 5.91 Å². The number of rotatable bonds is 5. The Morgan fingerprint density at radius 2 is 2.22 bits per heavy atom. The van der Waals surface area contributed by atoms with Crippen molar-refractivity contribution in [2.45, 2.75) is 17.2 Å². The first kappa shape index (κ1) is 14.8. The van der Waals surface area contributed by atoms with Crippen LogP contribution in [0.4, 0.5) is 13.2 Å². The lowest BCUT2D eigenvalue weighted by Gasteiger charge is -2.11. The van der Waals surface area contributed by atoms with E-state index in [9.17, 15) is 18.0 Å². The second kappa shape index (κ2) is 6.05. The molecular formula is C10H12F3N3OS. The maximum atomic E-state index is 12.3. The highest BCUT2D eigenvalue weighted by Crippen LogP contribution is 2.29. The van der Waals surface area contributed by atoms with Crippen LogP contribution in [0.5, 0.6) is 0 Å². The number of likely N-dealkylation sites (N-methyl/N-ethyl adjacent to an activating group) is 1. The maximum Gasteiger partial charge on any atom is 0.417 e. The van der Waals surface area contributed by atoms with Gasteiger partial charge in [0.05, 0.1) is 16.6 Å². The highest BCUT2D eigenvalue weighted by Gasteiger charge is 2.30. The molecule has 4 nitrogen and oxygen atoms in total. The van der Waals surface area contributed by atoms with E-state index < -0.39 is 23.7 Å². The summed E-state index contributed by atoms with van der Waals surface area (Å²) >= 11 is 1.16. The van der Waals surface area contributed by atoms with E-state index in [0.29, 0.717) is 10.8 Å². The number of nitrogens with two attached hydrogens (primary N) is 1. The molecule has 1 aromatic rings. The molecule has 0 bridgehead atoms. The van der Waals surface area contributed by atoms with E-state index in [1.807, 2.05) is 0 Å². The number of primary amides is 1. The Morgan fingerprint density at radius 3 is 2.61 bits per heavy atom. The van der Waals surface area contributed by atoms with Gasteiger partial charge in [0.1, 0.15) is 0 Å². The first-order valence-electron chi connectivity index (χ1n) is 4.97. The average molecular weight is 279 g/mol. The van der Waals surface area contributed by atoms with Crippen LogP contribution < -0.4 is 11.1 Å². The number of thioether (sulfide) groups is 1. The molecule has 1 rings (SSSR count). The third kappa shape index (κ3) is 4.19. The Labute approximate surface area is 106 Å². The number of alkyl halides is 3. The van der Waals surface area contributed by atoms with Crippen LogP contribution in [0.15, 0.2) is 23.4 Å². The molecule has 0 radical (unpaired) electrons. The minimum Gasteiger partial charge on any atom is -0.368 e. The van der Waals surface area contributed by atoms with Crippen molar-refractivity contribution in [3.63, 3.8) is 0 Å². The van der Waals surface area contributed by atoms with E-state index in [2.05, 4.69) is 10.3 Å². The molecule has 1 unspecified atom stereocenters. The monoisotopic (exact) mass is 279 g/mol. The molecule has 0 aromatic carbocycles. The van der Waals surface area contributed by atoms with E-state index in [4.69, 9.17) is 5.73 Å². The van der Waals surface area contributed by atoms with Gasteiger partial charge in [-0.3, -0.25) is 4.79 Å². The van der Waals surface area contributed by atoms with Crippen LogP contribution in [0.3, 0.4) is 0 Å². The number of aromatic nitrogens is 1. The zero-order chi connectivity index (χ0) is 13.8.